The zero-order valence-corrected chi connectivity index (χ0v) is 21.0. The number of rotatable bonds is 7. The van der Waals surface area contributed by atoms with E-state index in [1.165, 1.54) is 25.7 Å². The number of fused-ring (bicyclic) bond motifs is 1. The molecule has 0 unspecified atom stereocenters. The van der Waals surface area contributed by atoms with Gasteiger partial charge in [0, 0.05) is 37.3 Å². The second-order valence-corrected chi connectivity index (χ2v) is 10.4. The highest BCUT2D eigenvalue weighted by Crippen LogP contribution is 2.32. The van der Waals surface area contributed by atoms with Crippen molar-refractivity contribution in [2.24, 2.45) is 11.8 Å². The molecule has 3 atom stereocenters. The van der Waals surface area contributed by atoms with E-state index in [0.29, 0.717) is 18.0 Å². The number of hydrogen-bond donors (Lipinski definition) is 1. The van der Waals surface area contributed by atoms with Crippen LogP contribution >= 0.6 is 0 Å². The maximum Gasteiger partial charge on any atom is 0.259 e. The fourth-order valence-corrected chi connectivity index (χ4v) is 5.38. The Bertz CT molecular complexity index is 989. The average Bonchev–Trinajstić information content (AvgIpc) is 3.34. The summed E-state index contributed by atoms with van der Waals surface area (Å²) in [5, 5.41) is 9.89. The lowest BCUT2D eigenvalue weighted by atomic mass is 9.97. The van der Waals surface area contributed by atoms with Crippen molar-refractivity contribution in [3.63, 3.8) is 0 Å². The van der Waals surface area contributed by atoms with Crippen LogP contribution in [0.3, 0.4) is 0 Å². The molecule has 0 saturated heterocycles. The summed E-state index contributed by atoms with van der Waals surface area (Å²) in [6.45, 7) is 8.41. The maximum absolute atomic E-state index is 13.6. The molecule has 1 amide bonds. The molecule has 4 rings (SSSR count). The number of hydrogen-bond acceptors (Lipinski definition) is 5. The number of carbonyl (C=O) groups is 1. The van der Waals surface area contributed by atoms with Crippen molar-refractivity contribution in [3.8, 4) is 17.0 Å². The lowest BCUT2D eigenvalue weighted by Crippen LogP contribution is -2.50. The molecule has 1 aromatic heterocycles. The third-order valence-corrected chi connectivity index (χ3v) is 7.51. The second kappa shape index (κ2) is 10.9. The van der Waals surface area contributed by atoms with Crippen LogP contribution in [0.5, 0.6) is 5.88 Å². The standard InChI is InChI=1S/C28H39N3O3/c1-19-9-5-8-12-24(19)23-13-25-27(29-14-23)34-26(17-30(4)16-22-10-6-7-11-22)20(2)15-31(28(25)33)21(3)18-32/h5,8-9,12-14,20-22,26,32H,6-7,10-11,15-18H2,1-4H3/t20-,21+,26+/m0/s1. The van der Waals surface area contributed by atoms with E-state index in [4.69, 9.17) is 4.74 Å². The number of ether oxygens (including phenoxy) is 1. The van der Waals surface area contributed by atoms with Gasteiger partial charge in [0.25, 0.3) is 5.91 Å². The van der Waals surface area contributed by atoms with Crippen LogP contribution in [0, 0.1) is 18.8 Å². The molecule has 0 radical (unpaired) electrons. The largest absolute Gasteiger partial charge is 0.472 e. The minimum Gasteiger partial charge on any atom is -0.472 e. The van der Waals surface area contributed by atoms with Crippen LogP contribution in [0.1, 0.15) is 55.5 Å². The fraction of sp³-hybridized carbons (Fsp3) is 0.571. The van der Waals surface area contributed by atoms with E-state index in [1.54, 1.807) is 11.1 Å². The molecule has 6 nitrogen and oxygen atoms in total. The Morgan fingerprint density at radius 1 is 1.21 bits per heavy atom. The lowest BCUT2D eigenvalue weighted by molar-refractivity contribution is 0.0320. The molecule has 6 heteroatoms. The van der Waals surface area contributed by atoms with Crippen LogP contribution in [0.4, 0.5) is 0 Å². The summed E-state index contributed by atoms with van der Waals surface area (Å²) in [5.41, 5.74) is 3.55. The van der Waals surface area contributed by atoms with Crippen LogP contribution in [0.2, 0.25) is 0 Å². The SMILES string of the molecule is Cc1ccccc1-c1cnc2c(c1)C(=O)N([C@H](C)CO)C[C@H](C)[C@@H](CN(C)CC1CCCC1)O2. The van der Waals surface area contributed by atoms with Crippen molar-refractivity contribution in [3.05, 3.63) is 47.7 Å². The van der Waals surface area contributed by atoms with E-state index in [0.717, 1.165) is 35.7 Å². The molecule has 1 saturated carbocycles. The first-order valence-corrected chi connectivity index (χ1v) is 12.7. The fourth-order valence-electron chi connectivity index (χ4n) is 5.38. The van der Waals surface area contributed by atoms with Gasteiger partial charge in [-0.1, -0.05) is 44.0 Å². The van der Waals surface area contributed by atoms with E-state index in [2.05, 4.69) is 36.8 Å². The number of nitrogens with zero attached hydrogens (tertiary/aromatic N) is 3. The number of pyridine rings is 1. The van der Waals surface area contributed by atoms with Crippen LogP contribution in [-0.2, 0) is 0 Å². The molecular formula is C28H39N3O3. The van der Waals surface area contributed by atoms with E-state index in [1.807, 2.05) is 31.2 Å². The van der Waals surface area contributed by atoms with Gasteiger partial charge in [-0.15, -0.1) is 0 Å². The summed E-state index contributed by atoms with van der Waals surface area (Å²) in [7, 11) is 2.17. The smallest absolute Gasteiger partial charge is 0.259 e. The third-order valence-electron chi connectivity index (χ3n) is 7.51. The highest BCUT2D eigenvalue weighted by atomic mass is 16.5. The van der Waals surface area contributed by atoms with E-state index in [-0.39, 0.29) is 30.6 Å². The van der Waals surface area contributed by atoms with Crippen LogP contribution in [0.15, 0.2) is 36.5 Å². The molecule has 2 heterocycles. The van der Waals surface area contributed by atoms with Gasteiger partial charge in [-0.2, -0.15) is 0 Å². The number of aliphatic hydroxyl groups excluding tert-OH is 1. The van der Waals surface area contributed by atoms with Crippen molar-refractivity contribution in [1.82, 2.24) is 14.8 Å². The summed E-state index contributed by atoms with van der Waals surface area (Å²) >= 11 is 0. The van der Waals surface area contributed by atoms with Gasteiger partial charge >= 0.3 is 0 Å². The molecule has 34 heavy (non-hydrogen) atoms. The molecule has 1 aliphatic heterocycles. The monoisotopic (exact) mass is 465 g/mol. The summed E-state index contributed by atoms with van der Waals surface area (Å²) in [5.74, 6) is 1.13. The third kappa shape index (κ3) is 5.44. The quantitative estimate of drug-likeness (QED) is 0.657. The van der Waals surface area contributed by atoms with Gasteiger partial charge in [0.2, 0.25) is 5.88 Å². The van der Waals surface area contributed by atoms with E-state index >= 15 is 0 Å². The van der Waals surface area contributed by atoms with Crippen molar-refractivity contribution in [1.29, 1.82) is 0 Å². The first-order valence-electron chi connectivity index (χ1n) is 12.7. The summed E-state index contributed by atoms with van der Waals surface area (Å²) in [6.07, 6.45) is 7.02. The Morgan fingerprint density at radius 2 is 1.94 bits per heavy atom. The molecule has 0 bridgehead atoms. The van der Waals surface area contributed by atoms with Gasteiger partial charge in [-0.3, -0.25) is 4.79 Å². The predicted octanol–water partition coefficient (Wildman–Crippen LogP) is 4.40. The highest BCUT2D eigenvalue weighted by molar-refractivity contribution is 5.98. The lowest BCUT2D eigenvalue weighted by Gasteiger charge is -2.38. The van der Waals surface area contributed by atoms with E-state index in [9.17, 15) is 9.90 Å². The van der Waals surface area contributed by atoms with E-state index < -0.39 is 0 Å². The Morgan fingerprint density at radius 3 is 2.65 bits per heavy atom. The molecule has 1 aromatic carbocycles. The van der Waals surface area contributed by atoms with Gasteiger partial charge in [-0.05, 0) is 56.8 Å². The minimum atomic E-state index is -0.278. The van der Waals surface area contributed by atoms with Gasteiger partial charge in [-0.25, -0.2) is 4.98 Å². The highest BCUT2D eigenvalue weighted by Gasteiger charge is 2.34. The first-order chi connectivity index (χ1) is 16.4. The Hall–Kier alpha value is -2.44. The molecule has 1 aliphatic carbocycles. The van der Waals surface area contributed by atoms with Gasteiger partial charge in [0.1, 0.15) is 11.7 Å². The minimum absolute atomic E-state index is 0.0776. The molecule has 184 valence electrons. The molecule has 0 spiro atoms. The van der Waals surface area contributed by atoms with Crippen LogP contribution in [0.25, 0.3) is 11.1 Å². The van der Waals surface area contributed by atoms with Crippen molar-refractivity contribution in [2.75, 3.05) is 33.3 Å². The summed E-state index contributed by atoms with van der Waals surface area (Å²) in [6, 6.07) is 9.73. The number of amides is 1. The number of aliphatic hydroxyl groups is 1. The zero-order chi connectivity index (χ0) is 24.2. The number of likely N-dealkylation sites (N-methyl/N-ethyl adjacent to an activating group) is 1. The second-order valence-electron chi connectivity index (χ2n) is 10.4. The molecule has 2 aromatic rings. The maximum atomic E-state index is 13.6. The zero-order valence-electron chi connectivity index (χ0n) is 21.0. The van der Waals surface area contributed by atoms with Gasteiger partial charge < -0.3 is 19.6 Å². The van der Waals surface area contributed by atoms with Crippen LogP contribution < -0.4 is 4.74 Å². The number of carbonyl (C=O) groups excluding carboxylic acids is 1. The summed E-state index contributed by atoms with van der Waals surface area (Å²) < 4.78 is 6.47. The number of aryl methyl sites for hydroxylation is 1. The normalized spacial score (nSPS) is 22.3. The molecule has 2 aliphatic rings. The van der Waals surface area contributed by atoms with Crippen LogP contribution in [-0.4, -0.2) is 71.2 Å². The van der Waals surface area contributed by atoms with Crippen molar-refractivity contribution >= 4 is 5.91 Å². The molecule has 1 N–H and O–H groups in total. The Balaban J connectivity index is 1.66. The van der Waals surface area contributed by atoms with Gasteiger partial charge in [0.05, 0.1) is 12.6 Å². The number of benzene rings is 1. The Labute approximate surface area is 203 Å². The summed E-state index contributed by atoms with van der Waals surface area (Å²) in [4.78, 5) is 22.5. The van der Waals surface area contributed by atoms with Gasteiger partial charge in [0.15, 0.2) is 0 Å². The predicted molar refractivity (Wildman–Crippen MR) is 135 cm³/mol. The number of aromatic nitrogens is 1. The van der Waals surface area contributed by atoms with Crippen molar-refractivity contribution in [2.45, 2.75) is 58.6 Å². The van der Waals surface area contributed by atoms with Crippen molar-refractivity contribution < 1.29 is 14.6 Å². The first kappa shape index (κ1) is 24.7. The molecule has 1 fully saturated rings. The Kier molecular flexibility index (Phi) is 7.89. The topological polar surface area (TPSA) is 65.9 Å². The average molecular weight is 466 g/mol. The molecular weight excluding hydrogens is 426 g/mol.